The van der Waals surface area contributed by atoms with Gasteiger partial charge in [-0.2, -0.15) is 0 Å². The molecular formula is C17H20FNO2. The molecule has 0 amide bonds. The van der Waals surface area contributed by atoms with Crippen molar-refractivity contribution in [1.82, 2.24) is 0 Å². The lowest BCUT2D eigenvalue weighted by Crippen LogP contribution is -2.07. The first-order chi connectivity index (χ1) is 10.1. The molecule has 0 fully saturated rings. The van der Waals surface area contributed by atoms with Crippen molar-refractivity contribution in [2.75, 3.05) is 19.0 Å². The number of ether oxygens (including phenoxy) is 2. The molecule has 2 aromatic carbocycles. The summed E-state index contributed by atoms with van der Waals surface area (Å²) in [4.78, 5) is 0. The van der Waals surface area contributed by atoms with Crippen molar-refractivity contribution in [3.63, 3.8) is 0 Å². The van der Waals surface area contributed by atoms with E-state index < -0.39 is 0 Å². The Bertz CT molecular complexity index is 601. The normalized spacial score (nSPS) is 11.8. The highest BCUT2D eigenvalue weighted by molar-refractivity contribution is 5.50. The molecule has 0 radical (unpaired) electrons. The lowest BCUT2D eigenvalue weighted by atomic mass is 10.1. The Kier molecular flexibility index (Phi) is 5.04. The predicted octanol–water partition coefficient (Wildman–Crippen LogP) is 4.41. The summed E-state index contributed by atoms with van der Waals surface area (Å²) < 4.78 is 23.9. The Morgan fingerprint density at radius 1 is 1.19 bits per heavy atom. The number of hydrogen-bond donors (Lipinski definition) is 1. The first kappa shape index (κ1) is 15.2. The van der Waals surface area contributed by atoms with Crippen LogP contribution < -0.4 is 14.8 Å². The maximum Gasteiger partial charge on any atom is 0.165 e. The van der Waals surface area contributed by atoms with Gasteiger partial charge >= 0.3 is 0 Å². The van der Waals surface area contributed by atoms with Gasteiger partial charge in [0.15, 0.2) is 11.6 Å². The van der Waals surface area contributed by atoms with Crippen LogP contribution in [-0.4, -0.2) is 13.7 Å². The Morgan fingerprint density at radius 3 is 2.71 bits per heavy atom. The molecule has 2 rings (SSSR count). The molecule has 1 N–H and O–H groups in total. The van der Waals surface area contributed by atoms with Gasteiger partial charge in [0.05, 0.1) is 13.7 Å². The minimum absolute atomic E-state index is 0.0244. The monoisotopic (exact) mass is 289 g/mol. The van der Waals surface area contributed by atoms with E-state index in [1.807, 2.05) is 38.1 Å². The second kappa shape index (κ2) is 6.97. The number of methoxy groups -OCH3 is 1. The first-order valence-corrected chi connectivity index (χ1v) is 6.97. The molecule has 112 valence electrons. The van der Waals surface area contributed by atoms with Gasteiger partial charge in [0, 0.05) is 17.8 Å². The van der Waals surface area contributed by atoms with Gasteiger partial charge in [-0.3, -0.25) is 0 Å². The van der Waals surface area contributed by atoms with Gasteiger partial charge in [0.2, 0.25) is 0 Å². The van der Waals surface area contributed by atoms with Crippen LogP contribution in [0.15, 0.2) is 42.5 Å². The Hall–Kier alpha value is -2.23. The molecule has 1 atom stereocenters. The van der Waals surface area contributed by atoms with Crippen LogP contribution in [0.5, 0.6) is 11.5 Å². The number of nitrogens with one attached hydrogen (secondary N) is 1. The largest absolute Gasteiger partial charge is 0.494 e. The summed E-state index contributed by atoms with van der Waals surface area (Å²) in [7, 11) is 1.46. The summed E-state index contributed by atoms with van der Waals surface area (Å²) in [6, 6.07) is 12.7. The minimum atomic E-state index is -0.355. The van der Waals surface area contributed by atoms with Crippen molar-refractivity contribution in [2.24, 2.45) is 0 Å². The summed E-state index contributed by atoms with van der Waals surface area (Å²) in [6.45, 7) is 4.60. The molecule has 0 saturated heterocycles. The van der Waals surface area contributed by atoms with E-state index >= 15 is 0 Å². The van der Waals surface area contributed by atoms with Crippen LogP contribution in [0.4, 0.5) is 10.1 Å². The molecule has 0 aliphatic heterocycles. The molecule has 0 bridgehead atoms. The number of benzene rings is 2. The zero-order valence-electron chi connectivity index (χ0n) is 12.5. The summed E-state index contributed by atoms with van der Waals surface area (Å²) in [5.41, 5.74) is 1.91. The molecule has 21 heavy (non-hydrogen) atoms. The zero-order valence-corrected chi connectivity index (χ0v) is 12.5. The molecule has 0 aliphatic rings. The molecule has 1 unspecified atom stereocenters. The van der Waals surface area contributed by atoms with Gasteiger partial charge in [0.25, 0.3) is 0 Å². The fraction of sp³-hybridized carbons (Fsp3) is 0.294. The summed E-state index contributed by atoms with van der Waals surface area (Å²) in [5, 5.41) is 3.37. The number of halogens is 1. The quantitative estimate of drug-likeness (QED) is 0.854. The van der Waals surface area contributed by atoms with Gasteiger partial charge in [-0.1, -0.05) is 12.1 Å². The van der Waals surface area contributed by atoms with Crippen LogP contribution in [0.25, 0.3) is 0 Å². The lowest BCUT2D eigenvalue weighted by Gasteiger charge is -2.17. The predicted molar refractivity (Wildman–Crippen MR) is 82.6 cm³/mol. The Morgan fingerprint density at radius 2 is 2.00 bits per heavy atom. The van der Waals surface area contributed by atoms with Crippen LogP contribution in [-0.2, 0) is 0 Å². The summed E-state index contributed by atoms with van der Waals surface area (Å²) in [5.74, 6) is 0.724. The Labute approximate surface area is 124 Å². The van der Waals surface area contributed by atoms with Crippen molar-refractivity contribution >= 4 is 5.69 Å². The van der Waals surface area contributed by atoms with Crippen molar-refractivity contribution in [2.45, 2.75) is 19.9 Å². The molecule has 0 saturated carbocycles. The van der Waals surface area contributed by atoms with Gasteiger partial charge in [-0.15, -0.1) is 0 Å². The van der Waals surface area contributed by atoms with Crippen molar-refractivity contribution in [3.8, 4) is 11.5 Å². The minimum Gasteiger partial charge on any atom is -0.494 e. The number of anilines is 1. The molecule has 0 heterocycles. The van der Waals surface area contributed by atoms with E-state index in [2.05, 4.69) is 5.32 Å². The fourth-order valence-electron chi connectivity index (χ4n) is 2.12. The molecule has 0 spiro atoms. The van der Waals surface area contributed by atoms with Crippen LogP contribution in [0.1, 0.15) is 25.5 Å². The van der Waals surface area contributed by atoms with E-state index in [4.69, 9.17) is 9.47 Å². The SMILES string of the molecule is CCOc1cccc(NC(C)c2ccc(F)c(OC)c2)c1. The highest BCUT2D eigenvalue weighted by atomic mass is 19.1. The maximum atomic E-state index is 13.4. The van der Waals surface area contributed by atoms with Crippen molar-refractivity contribution in [1.29, 1.82) is 0 Å². The second-order valence-corrected chi connectivity index (χ2v) is 4.72. The third kappa shape index (κ3) is 3.88. The van der Waals surface area contributed by atoms with E-state index in [1.54, 1.807) is 12.1 Å². The highest BCUT2D eigenvalue weighted by Gasteiger charge is 2.10. The molecular weight excluding hydrogens is 269 g/mol. The molecule has 4 heteroatoms. The van der Waals surface area contributed by atoms with E-state index in [0.29, 0.717) is 6.61 Å². The highest BCUT2D eigenvalue weighted by Crippen LogP contribution is 2.26. The Balaban J connectivity index is 2.13. The number of hydrogen-bond acceptors (Lipinski definition) is 3. The van der Waals surface area contributed by atoms with Crippen LogP contribution >= 0.6 is 0 Å². The average molecular weight is 289 g/mol. The third-order valence-corrected chi connectivity index (χ3v) is 3.20. The summed E-state index contributed by atoms with van der Waals surface area (Å²) >= 11 is 0. The van der Waals surface area contributed by atoms with Gasteiger partial charge < -0.3 is 14.8 Å². The third-order valence-electron chi connectivity index (χ3n) is 3.20. The van der Waals surface area contributed by atoms with Crippen LogP contribution in [0.2, 0.25) is 0 Å². The van der Waals surface area contributed by atoms with Crippen molar-refractivity contribution in [3.05, 3.63) is 53.8 Å². The standard InChI is InChI=1S/C17H20FNO2/c1-4-21-15-7-5-6-14(11-15)19-12(2)13-8-9-16(18)17(10-13)20-3/h5-12,19H,4H2,1-3H3. The fourth-order valence-corrected chi connectivity index (χ4v) is 2.12. The van der Waals surface area contributed by atoms with Crippen LogP contribution in [0, 0.1) is 5.82 Å². The van der Waals surface area contributed by atoms with E-state index in [9.17, 15) is 4.39 Å². The van der Waals surface area contributed by atoms with Crippen LogP contribution in [0.3, 0.4) is 0 Å². The van der Waals surface area contributed by atoms with E-state index in [1.165, 1.54) is 13.2 Å². The second-order valence-electron chi connectivity index (χ2n) is 4.72. The van der Waals surface area contributed by atoms with Gasteiger partial charge in [-0.05, 0) is 43.7 Å². The topological polar surface area (TPSA) is 30.5 Å². The van der Waals surface area contributed by atoms with E-state index in [0.717, 1.165) is 17.0 Å². The van der Waals surface area contributed by atoms with E-state index in [-0.39, 0.29) is 17.6 Å². The first-order valence-electron chi connectivity index (χ1n) is 6.97. The zero-order chi connectivity index (χ0) is 15.2. The molecule has 2 aromatic rings. The number of rotatable bonds is 6. The lowest BCUT2D eigenvalue weighted by molar-refractivity contribution is 0.340. The molecule has 3 nitrogen and oxygen atoms in total. The van der Waals surface area contributed by atoms with Gasteiger partial charge in [-0.25, -0.2) is 4.39 Å². The molecule has 0 aliphatic carbocycles. The maximum absolute atomic E-state index is 13.4. The molecule has 0 aromatic heterocycles. The smallest absolute Gasteiger partial charge is 0.165 e. The van der Waals surface area contributed by atoms with Gasteiger partial charge in [0.1, 0.15) is 5.75 Å². The summed E-state index contributed by atoms with van der Waals surface area (Å²) in [6.07, 6.45) is 0. The van der Waals surface area contributed by atoms with Crippen molar-refractivity contribution < 1.29 is 13.9 Å². The average Bonchev–Trinajstić information content (AvgIpc) is 2.48.